The Morgan fingerprint density at radius 2 is 1.71 bits per heavy atom. The van der Waals surface area contributed by atoms with Crippen molar-refractivity contribution in [1.82, 2.24) is 20.0 Å². The number of halogens is 3. The molecule has 178 valence electrons. The molecule has 0 aliphatic carbocycles. The summed E-state index contributed by atoms with van der Waals surface area (Å²) in [4.78, 5) is 27.2. The third kappa shape index (κ3) is 5.71. The molecule has 0 fully saturated rings. The Labute approximate surface area is 195 Å². The maximum absolute atomic E-state index is 13.2. The Morgan fingerprint density at radius 3 is 2.37 bits per heavy atom. The molecule has 2 heterocycles. The van der Waals surface area contributed by atoms with Crippen LogP contribution in [0.15, 0.2) is 73.2 Å². The Hall–Kier alpha value is -4.94. The maximum atomic E-state index is 13.2. The predicted molar refractivity (Wildman–Crippen MR) is 117 cm³/mol. The molecule has 13 heteroatoms. The second-order valence-corrected chi connectivity index (χ2v) is 6.96. The number of urea groups is 1. The molecule has 0 radical (unpaired) electrons. The summed E-state index contributed by atoms with van der Waals surface area (Å²) in [5.41, 5.74) is -0.745. The number of amides is 2. The molecule has 10 nitrogen and oxygen atoms in total. The smallest absolute Gasteiger partial charge is 0.416 e. The molecule has 4 rings (SSSR count). The number of benzene rings is 2. The number of hydrogen-bond acceptors (Lipinski definition) is 6. The van der Waals surface area contributed by atoms with Gasteiger partial charge in [-0.3, -0.25) is 0 Å². The van der Waals surface area contributed by atoms with E-state index in [1.54, 1.807) is 0 Å². The number of carbonyl (C=O) groups is 2. The molecule has 3 N–H and O–H groups in total. The molecule has 0 bridgehead atoms. The Kier molecular flexibility index (Phi) is 6.31. The molecule has 0 spiro atoms. The van der Waals surface area contributed by atoms with Crippen molar-refractivity contribution in [3.63, 3.8) is 0 Å². The van der Waals surface area contributed by atoms with Gasteiger partial charge in [-0.15, -0.1) is 5.10 Å². The van der Waals surface area contributed by atoms with Gasteiger partial charge in [0, 0.05) is 18.0 Å². The third-order valence-corrected chi connectivity index (χ3v) is 4.54. The fourth-order valence-electron chi connectivity index (χ4n) is 2.97. The number of alkyl halides is 3. The number of rotatable bonds is 6. The average Bonchev–Trinajstić information content (AvgIpc) is 3.34. The van der Waals surface area contributed by atoms with E-state index in [1.807, 2.05) is 0 Å². The van der Waals surface area contributed by atoms with Gasteiger partial charge in [-0.25, -0.2) is 19.3 Å². The highest BCUT2D eigenvalue weighted by atomic mass is 19.4. The van der Waals surface area contributed by atoms with Gasteiger partial charge in [0.1, 0.15) is 11.5 Å². The zero-order valence-electron chi connectivity index (χ0n) is 17.5. The summed E-state index contributed by atoms with van der Waals surface area (Å²) in [5.74, 6) is -0.598. The number of carboxylic acids is 1. The zero-order chi connectivity index (χ0) is 25.0. The predicted octanol–water partition coefficient (Wildman–Crippen LogP) is 4.82. The molecule has 2 amide bonds. The topological polar surface area (TPSA) is 131 Å². The number of carboxylic acid groups (broad SMARTS) is 1. The molecule has 0 aliphatic heterocycles. The standard InChI is InChI=1S/C22H15F3N6O4/c23-22(24,25)13-1-6-19(31-10-9-27-30-31)17(11-13)29-21(34)28-14-2-4-15(5-3-14)35-16-7-8-26-18(12-16)20(32)33/h1-12H,(H,32,33)(H2,28,29,34). The van der Waals surface area contributed by atoms with Gasteiger partial charge in [0.25, 0.3) is 0 Å². The minimum Gasteiger partial charge on any atom is -0.477 e. The fraction of sp³-hybridized carbons (Fsp3) is 0.0455. The molecule has 0 saturated heterocycles. The van der Waals surface area contributed by atoms with E-state index in [0.29, 0.717) is 11.4 Å². The number of aromatic carboxylic acids is 1. The molecule has 35 heavy (non-hydrogen) atoms. The molecule has 0 unspecified atom stereocenters. The third-order valence-electron chi connectivity index (χ3n) is 4.54. The maximum Gasteiger partial charge on any atom is 0.416 e. The first kappa shape index (κ1) is 23.2. The van der Waals surface area contributed by atoms with E-state index in [9.17, 15) is 22.8 Å². The van der Waals surface area contributed by atoms with Gasteiger partial charge < -0.3 is 20.5 Å². The van der Waals surface area contributed by atoms with Crippen molar-refractivity contribution in [2.75, 3.05) is 10.6 Å². The molecule has 2 aromatic carbocycles. The first-order chi connectivity index (χ1) is 16.7. The van der Waals surface area contributed by atoms with E-state index in [2.05, 4.69) is 25.9 Å². The molecule has 4 aromatic rings. The van der Waals surface area contributed by atoms with Crippen LogP contribution in [0.3, 0.4) is 0 Å². The summed E-state index contributed by atoms with van der Waals surface area (Å²) in [6, 6.07) is 10.8. The summed E-state index contributed by atoms with van der Waals surface area (Å²) in [5, 5.41) is 21.3. The van der Waals surface area contributed by atoms with Crippen LogP contribution in [0.5, 0.6) is 11.5 Å². The first-order valence-corrected chi connectivity index (χ1v) is 9.82. The van der Waals surface area contributed by atoms with Gasteiger partial charge in [-0.05, 0) is 48.5 Å². The lowest BCUT2D eigenvalue weighted by molar-refractivity contribution is -0.137. The van der Waals surface area contributed by atoms with Crippen LogP contribution in [-0.4, -0.2) is 37.1 Å². The molecule has 2 aromatic heterocycles. The summed E-state index contributed by atoms with van der Waals surface area (Å²) >= 11 is 0. The van der Waals surface area contributed by atoms with Crippen molar-refractivity contribution in [2.24, 2.45) is 0 Å². The fourth-order valence-corrected chi connectivity index (χ4v) is 2.97. The number of pyridine rings is 1. The Bertz CT molecular complexity index is 1360. The van der Waals surface area contributed by atoms with E-state index in [0.717, 1.165) is 12.1 Å². The minimum atomic E-state index is -4.61. The quantitative estimate of drug-likeness (QED) is 0.358. The van der Waals surface area contributed by atoms with Crippen LogP contribution < -0.4 is 15.4 Å². The second kappa shape index (κ2) is 9.51. The van der Waals surface area contributed by atoms with Crippen molar-refractivity contribution >= 4 is 23.4 Å². The summed E-state index contributed by atoms with van der Waals surface area (Å²) in [7, 11) is 0. The van der Waals surface area contributed by atoms with Gasteiger partial charge in [0.15, 0.2) is 5.69 Å². The van der Waals surface area contributed by atoms with Gasteiger partial charge >= 0.3 is 18.2 Å². The van der Waals surface area contributed by atoms with Crippen molar-refractivity contribution < 1.29 is 32.6 Å². The van der Waals surface area contributed by atoms with Gasteiger partial charge in [0.2, 0.25) is 0 Å². The monoisotopic (exact) mass is 484 g/mol. The molecule has 0 atom stereocenters. The molecular formula is C22H15F3N6O4. The summed E-state index contributed by atoms with van der Waals surface area (Å²) < 4.78 is 46.3. The lowest BCUT2D eigenvalue weighted by Crippen LogP contribution is -2.21. The van der Waals surface area contributed by atoms with Crippen LogP contribution in [0, 0.1) is 0 Å². The molecule has 0 saturated carbocycles. The number of hydrogen-bond donors (Lipinski definition) is 3. The summed E-state index contributed by atoms with van der Waals surface area (Å²) in [6.45, 7) is 0. The lowest BCUT2D eigenvalue weighted by Gasteiger charge is -2.15. The van der Waals surface area contributed by atoms with Crippen LogP contribution >= 0.6 is 0 Å². The van der Waals surface area contributed by atoms with E-state index in [-0.39, 0.29) is 22.8 Å². The van der Waals surface area contributed by atoms with E-state index < -0.39 is 23.7 Å². The van der Waals surface area contributed by atoms with Crippen molar-refractivity contribution in [2.45, 2.75) is 6.18 Å². The molecular weight excluding hydrogens is 469 g/mol. The van der Waals surface area contributed by atoms with Crippen LogP contribution in [-0.2, 0) is 6.18 Å². The van der Waals surface area contributed by atoms with Gasteiger partial charge in [-0.2, -0.15) is 13.2 Å². The first-order valence-electron chi connectivity index (χ1n) is 9.82. The number of ether oxygens (including phenoxy) is 1. The summed E-state index contributed by atoms with van der Waals surface area (Å²) in [6.07, 6.45) is -0.545. The number of aromatic nitrogens is 4. The van der Waals surface area contributed by atoms with Gasteiger partial charge in [-0.1, -0.05) is 5.21 Å². The highest BCUT2D eigenvalue weighted by Crippen LogP contribution is 2.33. The number of nitrogens with one attached hydrogen (secondary N) is 2. The van der Waals surface area contributed by atoms with Crippen LogP contribution in [0.2, 0.25) is 0 Å². The van der Waals surface area contributed by atoms with Gasteiger partial charge in [0.05, 0.1) is 29.3 Å². The normalized spacial score (nSPS) is 11.1. The largest absolute Gasteiger partial charge is 0.477 e. The van der Waals surface area contributed by atoms with Crippen LogP contribution in [0.1, 0.15) is 16.1 Å². The van der Waals surface area contributed by atoms with E-state index in [1.165, 1.54) is 65.7 Å². The average molecular weight is 484 g/mol. The van der Waals surface area contributed by atoms with Crippen molar-refractivity contribution in [1.29, 1.82) is 0 Å². The lowest BCUT2D eigenvalue weighted by atomic mass is 10.1. The van der Waals surface area contributed by atoms with E-state index >= 15 is 0 Å². The number of nitrogens with zero attached hydrogens (tertiary/aromatic N) is 4. The second-order valence-electron chi connectivity index (χ2n) is 6.96. The minimum absolute atomic E-state index is 0.130. The SMILES string of the molecule is O=C(Nc1ccc(Oc2ccnc(C(=O)O)c2)cc1)Nc1cc(C(F)(F)F)ccc1-n1ccnn1. The van der Waals surface area contributed by atoms with Crippen LogP contribution in [0.4, 0.5) is 29.3 Å². The highest BCUT2D eigenvalue weighted by molar-refractivity contribution is 6.01. The molecule has 0 aliphatic rings. The van der Waals surface area contributed by atoms with Crippen molar-refractivity contribution in [3.05, 3.63) is 84.4 Å². The highest BCUT2D eigenvalue weighted by Gasteiger charge is 2.31. The number of carbonyl (C=O) groups excluding carboxylic acids is 1. The Balaban J connectivity index is 1.47. The van der Waals surface area contributed by atoms with Crippen molar-refractivity contribution in [3.8, 4) is 17.2 Å². The number of anilines is 2. The Morgan fingerprint density at radius 1 is 0.943 bits per heavy atom. The zero-order valence-corrected chi connectivity index (χ0v) is 17.5. The van der Waals surface area contributed by atoms with E-state index in [4.69, 9.17) is 9.84 Å². The van der Waals surface area contributed by atoms with Crippen LogP contribution in [0.25, 0.3) is 5.69 Å².